The van der Waals surface area contributed by atoms with Gasteiger partial charge in [-0.3, -0.25) is 9.69 Å². The number of amides is 1. The molecule has 1 N–H and O–H groups in total. The SMILES string of the molecule is C#CCNC(=O)CN1CCCN(c2ncnc3sc4c(c23)CCCC4)CC1. The van der Waals surface area contributed by atoms with Crippen LogP contribution in [0.3, 0.4) is 0 Å². The largest absolute Gasteiger partial charge is 0.355 e. The summed E-state index contributed by atoms with van der Waals surface area (Å²) >= 11 is 1.84. The Kier molecular flexibility index (Phi) is 5.55. The molecule has 2 aromatic heterocycles. The highest BCUT2D eigenvalue weighted by molar-refractivity contribution is 7.19. The second kappa shape index (κ2) is 8.24. The first kappa shape index (κ1) is 18.2. The summed E-state index contributed by atoms with van der Waals surface area (Å²) in [6, 6.07) is 0. The second-order valence-electron chi connectivity index (χ2n) is 7.19. The lowest BCUT2D eigenvalue weighted by atomic mass is 9.97. The van der Waals surface area contributed by atoms with E-state index >= 15 is 0 Å². The van der Waals surface area contributed by atoms with Gasteiger partial charge < -0.3 is 10.2 Å². The van der Waals surface area contributed by atoms with Crippen molar-refractivity contribution < 1.29 is 4.79 Å². The summed E-state index contributed by atoms with van der Waals surface area (Å²) < 4.78 is 0. The lowest BCUT2D eigenvalue weighted by Gasteiger charge is -2.23. The summed E-state index contributed by atoms with van der Waals surface area (Å²) in [7, 11) is 0. The van der Waals surface area contributed by atoms with Gasteiger partial charge in [0.15, 0.2) is 0 Å². The summed E-state index contributed by atoms with van der Waals surface area (Å²) in [5, 5.41) is 4.02. The molecule has 6 nitrogen and oxygen atoms in total. The lowest BCUT2D eigenvalue weighted by Crippen LogP contribution is -2.39. The number of anilines is 1. The molecule has 0 radical (unpaired) electrons. The van der Waals surface area contributed by atoms with Crippen molar-refractivity contribution in [1.82, 2.24) is 20.2 Å². The van der Waals surface area contributed by atoms with E-state index in [-0.39, 0.29) is 5.91 Å². The van der Waals surface area contributed by atoms with E-state index in [2.05, 4.69) is 31.0 Å². The number of terminal acetylenes is 1. The van der Waals surface area contributed by atoms with Gasteiger partial charge in [-0.05, 0) is 37.7 Å². The van der Waals surface area contributed by atoms with E-state index in [9.17, 15) is 4.79 Å². The molecule has 0 unspecified atom stereocenters. The third kappa shape index (κ3) is 3.92. The molecule has 1 aliphatic carbocycles. The van der Waals surface area contributed by atoms with E-state index in [1.54, 1.807) is 6.33 Å². The Bertz CT molecular complexity index is 871. The first-order valence-corrected chi connectivity index (χ1v) is 10.5. The number of thiophene rings is 1. The number of nitrogens with zero attached hydrogens (tertiary/aromatic N) is 4. The van der Waals surface area contributed by atoms with Crippen LogP contribution in [-0.4, -0.2) is 60.0 Å². The second-order valence-corrected chi connectivity index (χ2v) is 8.27. The molecule has 1 saturated heterocycles. The molecule has 3 heterocycles. The normalized spacial score (nSPS) is 18.0. The van der Waals surface area contributed by atoms with Crippen molar-refractivity contribution in [3.8, 4) is 12.3 Å². The van der Waals surface area contributed by atoms with Gasteiger partial charge in [-0.2, -0.15) is 0 Å². The van der Waals surface area contributed by atoms with Crippen molar-refractivity contribution in [2.75, 3.05) is 44.2 Å². The number of hydrogen-bond donors (Lipinski definition) is 1. The van der Waals surface area contributed by atoms with Crippen LogP contribution in [0, 0.1) is 12.3 Å². The van der Waals surface area contributed by atoms with E-state index in [0.717, 1.165) is 49.7 Å². The molecular weight excluding hydrogens is 358 g/mol. The predicted molar refractivity (Wildman–Crippen MR) is 109 cm³/mol. The highest BCUT2D eigenvalue weighted by atomic mass is 32.1. The smallest absolute Gasteiger partial charge is 0.234 e. The minimum absolute atomic E-state index is 0.00210. The van der Waals surface area contributed by atoms with Crippen LogP contribution in [0.4, 0.5) is 5.82 Å². The number of fused-ring (bicyclic) bond motifs is 3. The van der Waals surface area contributed by atoms with Gasteiger partial charge >= 0.3 is 0 Å². The maximum Gasteiger partial charge on any atom is 0.234 e. The molecule has 0 aromatic carbocycles. The number of carbonyl (C=O) groups is 1. The van der Waals surface area contributed by atoms with E-state index in [0.29, 0.717) is 13.1 Å². The molecule has 0 bridgehead atoms. The summed E-state index contributed by atoms with van der Waals surface area (Å²) in [4.78, 5) is 28.4. The Labute approximate surface area is 164 Å². The van der Waals surface area contributed by atoms with Crippen LogP contribution in [0.25, 0.3) is 10.2 Å². The molecular formula is C20H25N5OS. The molecule has 2 aromatic rings. The molecule has 142 valence electrons. The maximum atomic E-state index is 12.0. The van der Waals surface area contributed by atoms with Gasteiger partial charge in [0.05, 0.1) is 18.5 Å². The predicted octanol–water partition coefficient (Wildman–Crippen LogP) is 1.83. The van der Waals surface area contributed by atoms with Crippen LogP contribution >= 0.6 is 11.3 Å². The topological polar surface area (TPSA) is 61.4 Å². The first-order valence-electron chi connectivity index (χ1n) is 9.69. The summed E-state index contributed by atoms with van der Waals surface area (Å²) in [6.07, 6.45) is 12.8. The molecule has 27 heavy (non-hydrogen) atoms. The summed E-state index contributed by atoms with van der Waals surface area (Å²) in [6.45, 7) is 4.29. The van der Waals surface area contributed by atoms with Gasteiger partial charge in [0.25, 0.3) is 0 Å². The monoisotopic (exact) mass is 383 g/mol. The van der Waals surface area contributed by atoms with Crippen LogP contribution in [0.15, 0.2) is 6.33 Å². The average Bonchev–Trinajstić information content (AvgIpc) is 2.92. The minimum Gasteiger partial charge on any atom is -0.355 e. The number of aryl methyl sites for hydroxylation is 2. The number of hydrogen-bond acceptors (Lipinski definition) is 6. The molecule has 0 atom stereocenters. The zero-order chi connectivity index (χ0) is 18.6. The van der Waals surface area contributed by atoms with E-state index in [1.807, 2.05) is 11.3 Å². The lowest BCUT2D eigenvalue weighted by molar-refractivity contribution is -0.121. The minimum atomic E-state index is -0.00210. The van der Waals surface area contributed by atoms with Crippen LogP contribution in [-0.2, 0) is 17.6 Å². The fourth-order valence-corrected chi connectivity index (χ4v) is 5.29. The highest BCUT2D eigenvalue weighted by Gasteiger charge is 2.24. The molecule has 1 fully saturated rings. The molecule has 7 heteroatoms. The third-order valence-electron chi connectivity index (χ3n) is 5.37. The summed E-state index contributed by atoms with van der Waals surface area (Å²) in [5.74, 6) is 3.52. The van der Waals surface area contributed by atoms with E-state index in [1.165, 1.54) is 35.1 Å². The maximum absolute atomic E-state index is 12.0. The average molecular weight is 384 g/mol. The zero-order valence-electron chi connectivity index (χ0n) is 15.5. The van der Waals surface area contributed by atoms with Crippen molar-refractivity contribution in [3.05, 3.63) is 16.8 Å². The fraction of sp³-hybridized carbons (Fsp3) is 0.550. The van der Waals surface area contributed by atoms with Gasteiger partial charge in [0.2, 0.25) is 5.91 Å². The van der Waals surface area contributed by atoms with Crippen molar-refractivity contribution in [1.29, 1.82) is 0 Å². The number of aromatic nitrogens is 2. The van der Waals surface area contributed by atoms with Crippen LogP contribution in [0.1, 0.15) is 29.7 Å². The standard InChI is InChI=1S/C20H25N5OS/c1-2-8-21-17(26)13-24-9-5-10-25(12-11-24)19-18-15-6-3-4-7-16(15)27-20(18)23-14-22-19/h1,14H,3-13H2,(H,21,26). The molecule has 1 amide bonds. The van der Waals surface area contributed by atoms with E-state index in [4.69, 9.17) is 6.42 Å². The van der Waals surface area contributed by atoms with Gasteiger partial charge in [-0.1, -0.05) is 5.92 Å². The van der Waals surface area contributed by atoms with Gasteiger partial charge in [-0.15, -0.1) is 17.8 Å². The summed E-state index contributed by atoms with van der Waals surface area (Å²) in [5.41, 5.74) is 1.48. The van der Waals surface area contributed by atoms with E-state index < -0.39 is 0 Å². The first-order chi connectivity index (χ1) is 13.3. The molecule has 0 spiro atoms. The van der Waals surface area contributed by atoms with Crippen molar-refractivity contribution in [2.24, 2.45) is 0 Å². The number of nitrogens with one attached hydrogen (secondary N) is 1. The highest BCUT2D eigenvalue weighted by Crippen LogP contribution is 2.39. The number of rotatable bonds is 4. The van der Waals surface area contributed by atoms with Gasteiger partial charge in [0, 0.05) is 31.1 Å². The zero-order valence-corrected chi connectivity index (χ0v) is 16.4. The van der Waals surface area contributed by atoms with Crippen molar-refractivity contribution in [2.45, 2.75) is 32.1 Å². The Balaban J connectivity index is 1.50. The Morgan fingerprint density at radius 2 is 2.07 bits per heavy atom. The Hall–Kier alpha value is -2.17. The molecule has 0 saturated carbocycles. The van der Waals surface area contributed by atoms with Crippen LogP contribution < -0.4 is 10.2 Å². The van der Waals surface area contributed by atoms with Crippen molar-refractivity contribution >= 4 is 33.3 Å². The van der Waals surface area contributed by atoms with Gasteiger partial charge in [-0.25, -0.2) is 9.97 Å². The third-order valence-corrected chi connectivity index (χ3v) is 6.57. The fourth-order valence-electron chi connectivity index (χ4n) is 4.06. The molecule has 4 rings (SSSR count). The molecule has 2 aliphatic rings. The number of carbonyl (C=O) groups excluding carboxylic acids is 1. The Morgan fingerprint density at radius 1 is 1.19 bits per heavy atom. The van der Waals surface area contributed by atoms with Crippen LogP contribution in [0.5, 0.6) is 0 Å². The molecule has 1 aliphatic heterocycles. The Morgan fingerprint density at radius 3 is 2.96 bits per heavy atom. The van der Waals surface area contributed by atoms with Gasteiger partial charge in [0.1, 0.15) is 17.0 Å². The van der Waals surface area contributed by atoms with Crippen molar-refractivity contribution in [3.63, 3.8) is 0 Å². The van der Waals surface area contributed by atoms with Crippen LogP contribution in [0.2, 0.25) is 0 Å². The quantitative estimate of drug-likeness (QED) is 0.817.